The van der Waals surface area contributed by atoms with E-state index in [1.165, 1.54) is 0 Å². The van der Waals surface area contributed by atoms with E-state index in [-0.39, 0.29) is 11.7 Å². The van der Waals surface area contributed by atoms with E-state index in [1.54, 1.807) is 23.1 Å². The Kier molecular flexibility index (Phi) is 4.45. The highest BCUT2D eigenvalue weighted by Crippen LogP contribution is 2.27. The third-order valence-electron chi connectivity index (χ3n) is 4.38. The average molecular weight is 343 g/mol. The number of aryl methyl sites for hydroxylation is 2. The Morgan fingerprint density at radius 1 is 1.17 bits per heavy atom. The second kappa shape index (κ2) is 6.40. The number of amides is 1. The van der Waals surface area contributed by atoms with Gasteiger partial charge in [0.25, 0.3) is 5.91 Å². The summed E-state index contributed by atoms with van der Waals surface area (Å²) >= 11 is 0. The molecule has 0 aliphatic carbocycles. The van der Waals surface area contributed by atoms with Gasteiger partial charge in [0.2, 0.25) is 0 Å². The molecule has 2 aromatic rings. The predicted molar refractivity (Wildman–Crippen MR) is 95.3 cm³/mol. The van der Waals surface area contributed by atoms with Crippen molar-refractivity contribution in [3.63, 3.8) is 0 Å². The van der Waals surface area contributed by atoms with Crippen LogP contribution in [0.1, 0.15) is 34.8 Å². The summed E-state index contributed by atoms with van der Waals surface area (Å²) in [6.45, 7) is 4.48. The van der Waals surface area contributed by atoms with E-state index in [0.29, 0.717) is 29.8 Å². The molecule has 0 radical (unpaired) electrons. The van der Waals surface area contributed by atoms with Gasteiger partial charge in [0.05, 0.1) is 10.6 Å². The molecule has 0 saturated carbocycles. The van der Waals surface area contributed by atoms with Crippen LogP contribution in [0.2, 0.25) is 0 Å². The van der Waals surface area contributed by atoms with Gasteiger partial charge >= 0.3 is 0 Å². The molecule has 3 rings (SSSR count). The van der Waals surface area contributed by atoms with Crippen LogP contribution in [-0.4, -0.2) is 26.6 Å². The number of anilines is 1. The number of carbonyl (C=O) groups is 1. The molecule has 0 spiro atoms. The molecular formula is C19H21NO3S. The molecule has 1 aliphatic heterocycles. The summed E-state index contributed by atoms with van der Waals surface area (Å²) < 4.78 is 24.2. The third-order valence-corrected chi connectivity index (χ3v) is 6.27. The molecule has 0 unspecified atom stereocenters. The first-order valence-electron chi connectivity index (χ1n) is 8.16. The molecular weight excluding hydrogens is 322 g/mol. The number of hydrogen-bond acceptors (Lipinski definition) is 3. The zero-order valence-corrected chi connectivity index (χ0v) is 14.8. The number of hydrogen-bond donors (Lipinski definition) is 0. The predicted octanol–water partition coefficient (Wildman–Crippen LogP) is 3.38. The first-order valence-corrected chi connectivity index (χ1v) is 9.82. The van der Waals surface area contributed by atoms with Gasteiger partial charge in [0, 0.05) is 17.8 Å². The van der Waals surface area contributed by atoms with Gasteiger partial charge < -0.3 is 4.90 Å². The van der Waals surface area contributed by atoms with E-state index >= 15 is 0 Å². The number of sulfone groups is 1. The Hall–Kier alpha value is -2.14. The van der Waals surface area contributed by atoms with Crippen molar-refractivity contribution in [2.45, 2.75) is 31.6 Å². The Bertz CT molecular complexity index is 887. The minimum Gasteiger partial charge on any atom is -0.309 e. The van der Waals surface area contributed by atoms with Gasteiger partial charge in [-0.2, -0.15) is 0 Å². The molecule has 0 fully saturated rings. The molecule has 1 amide bonds. The van der Waals surface area contributed by atoms with Crippen molar-refractivity contribution in [2.75, 3.05) is 17.2 Å². The van der Waals surface area contributed by atoms with Crippen LogP contribution >= 0.6 is 0 Å². The lowest BCUT2D eigenvalue weighted by Gasteiger charge is -2.23. The van der Waals surface area contributed by atoms with Gasteiger partial charge in [0.1, 0.15) is 0 Å². The summed E-state index contributed by atoms with van der Waals surface area (Å²) in [5, 5.41) is 0. The molecule has 24 heavy (non-hydrogen) atoms. The first-order chi connectivity index (χ1) is 11.4. The van der Waals surface area contributed by atoms with Crippen LogP contribution in [0, 0.1) is 6.92 Å². The number of fused-ring (bicyclic) bond motifs is 1. The largest absolute Gasteiger partial charge is 0.309 e. The fourth-order valence-electron chi connectivity index (χ4n) is 3.17. The van der Waals surface area contributed by atoms with Crippen molar-refractivity contribution in [1.82, 2.24) is 0 Å². The summed E-state index contributed by atoms with van der Waals surface area (Å²) in [5.41, 5.74) is 3.24. The monoisotopic (exact) mass is 343 g/mol. The van der Waals surface area contributed by atoms with Crippen molar-refractivity contribution in [3.05, 3.63) is 59.2 Å². The van der Waals surface area contributed by atoms with Gasteiger partial charge in [0.15, 0.2) is 9.84 Å². The summed E-state index contributed by atoms with van der Waals surface area (Å²) in [6, 6.07) is 12.8. The van der Waals surface area contributed by atoms with E-state index in [9.17, 15) is 13.2 Å². The molecule has 0 bridgehead atoms. The van der Waals surface area contributed by atoms with E-state index in [0.717, 1.165) is 16.8 Å². The minimum atomic E-state index is -3.19. The third kappa shape index (κ3) is 3.08. The van der Waals surface area contributed by atoms with Gasteiger partial charge in [-0.3, -0.25) is 4.79 Å². The summed E-state index contributed by atoms with van der Waals surface area (Å²) in [5.74, 6) is 0.0892. The fourth-order valence-corrected chi connectivity index (χ4v) is 4.75. The Morgan fingerprint density at radius 3 is 2.67 bits per heavy atom. The van der Waals surface area contributed by atoms with Crippen LogP contribution in [-0.2, 0) is 16.3 Å². The highest BCUT2D eigenvalue weighted by atomic mass is 32.2. The maximum atomic E-state index is 12.9. The molecule has 5 heteroatoms. The van der Waals surface area contributed by atoms with Crippen molar-refractivity contribution in [2.24, 2.45) is 0 Å². The van der Waals surface area contributed by atoms with Crippen molar-refractivity contribution >= 4 is 21.4 Å². The maximum Gasteiger partial charge on any atom is 0.258 e. The summed E-state index contributed by atoms with van der Waals surface area (Å²) in [7, 11) is -3.19. The Balaban J connectivity index is 1.98. The molecule has 0 saturated heterocycles. The van der Waals surface area contributed by atoms with Crippen molar-refractivity contribution < 1.29 is 13.2 Å². The molecule has 1 heterocycles. The standard InChI is InChI=1S/C19H21NO3S/c1-3-20(17-8-4-6-14(2)12-17)19(21)16-9-10-18-15(13-16)7-5-11-24(18,22)23/h4,6,8-10,12-13H,3,5,7,11H2,1-2H3. The molecule has 0 atom stereocenters. The van der Waals surface area contributed by atoms with Crippen LogP contribution in [0.3, 0.4) is 0 Å². The average Bonchev–Trinajstić information content (AvgIpc) is 2.55. The van der Waals surface area contributed by atoms with E-state index in [4.69, 9.17) is 0 Å². The smallest absolute Gasteiger partial charge is 0.258 e. The van der Waals surface area contributed by atoms with E-state index in [1.807, 2.05) is 38.1 Å². The molecule has 2 aromatic carbocycles. The normalized spacial score (nSPS) is 15.6. The first kappa shape index (κ1) is 16.7. The van der Waals surface area contributed by atoms with Gasteiger partial charge in [-0.05, 0) is 68.1 Å². The topological polar surface area (TPSA) is 54.5 Å². The second-order valence-electron chi connectivity index (χ2n) is 6.13. The van der Waals surface area contributed by atoms with Crippen molar-refractivity contribution in [1.29, 1.82) is 0 Å². The SMILES string of the molecule is CCN(C(=O)c1ccc2c(c1)CCCS2(=O)=O)c1cccc(C)c1. The molecule has 0 N–H and O–H groups in total. The highest BCUT2D eigenvalue weighted by molar-refractivity contribution is 7.91. The van der Waals surface area contributed by atoms with Gasteiger partial charge in [-0.1, -0.05) is 12.1 Å². The van der Waals surface area contributed by atoms with Crippen LogP contribution in [0.5, 0.6) is 0 Å². The number of nitrogens with zero attached hydrogens (tertiary/aromatic N) is 1. The number of carbonyl (C=O) groups excluding carboxylic acids is 1. The lowest BCUT2D eigenvalue weighted by Crippen LogP contribution is -2.31. The summed E-state index contributed by atoms with van der Waals surface area (Å²) in [6.07, 6.45) is 1.31. The van der Waals surface area contributed by atoms with Crippen LogP contribution in [0.25, 0.3) is 0 Å². The minimum absolute atomic E-state index is 0.103. The fraction of sp³-hybridized carbons (Fsp3) is 0.316. The lowest BCUT2D eigenvalue weighted by molar-refractivity contribution is 0.0988. The quantitative estimate of drug-likeness (QED) is 0.858. The number of rotatable bonds is 3. The Labute approximate surface area is 143 Å². The van der Waals surface area contributed by atoms with Crippen LogP contribution in [0.4, 0.5) is 5.69 Å². The van der Waals surface area contributed by atoms with E-state index < -0.39 is 9.84 Å². The van der Waals surface area contributed by atoms with Gasteiger partial charge in [-0.15, -0.1) is 0 Å². The zero-order valence-electron chi connectivity index (χ0n) is 14.0. The van der Waals surface area contributed by atoms with E-state index in [2.05, 4.69) is 0 Å². The lowest BCUT2D eigenvalue weighted by atomic mass is 10.0. The van der Waals surface area contributed by atoms with Crippen LogP contribution in [0.15, 0.2) is 47.4 Å². The second-order valence-corrected chi connectivity index (χ2v) is 8.21. The molecule has 4 nitrogen and oxygen atoms in total. The zero-order chi connectivity index (χ0) is 17.3. The highest BCUT2D eigenvalue weighted by Gasteiger charge is 2.25. The summed E-state index contributed by atoms with van der Waals surface area (Å²) in [4.78, 5) is 15.0. The Morgan fingerprint density at radius 2 is 1.96 bits per heavy atom. The van der Waals surface area contributed by atoms with Crippen molar-refractivity contribution in [3.8, 4) is 0 Å². The molecule has 1 aliphatic rings. The molecule has 126 valence electrons. The van der Waals surface area contributed by atoms with Crippen LogP contribution < -0.4 is 4.90 Å². The van der Waals surface area contributed by atoms with Gasteiger partial charge in [-0.25, -0.2) is 8.42 Å². The molecule has 0 aromatic heterocycles. The maximum absolute atomic E-state index is 12.9. The number of benzene rings is 2.